The molecule has 0 saturated carbocycles. The van der Waals surface area contributed by atoms with E-state index in [1.807, 2.05) is 35.2 Å². The van der Waals surface area contributed by atoms with Crippen LogP contribution in [0.5, 0.6) is 0 Å². The van der Waals surface area contributed by atoms with Gasteiger partial charge in [-0.3, -0.25) is 9.80 Å². The number of likely N-dealkylation sites (tertiary alicyclic amines) is 1. The van der Waals surface area contributed by atoms with Crippen molar-refractivity contribution in [1.29, 1.82) is 0 Å². The Hall–Kier alpha value is -2.83. The number of benzene rings is 2. The van der Waals surface area contributed by atoms with E-state index in [0.29, 0.717) is 13.1 Å². The van der Waals surface area contributed by atoms with E-state index in [1.54, 1.807) is 0 Å². The number of hydrazine groups is 1. The van der Waals surface area contributed by atoms with E-state index in [2.05, 4.69) is 50.2 Å². The van der Waals surface area contributed by atoms with Crippen LogP contribution in [0.3, 0.4) is 0 Å². The molecule has 2 aromatic carbocycles. The van der Waals surface area contributed by atoms with Gasteiger partial charge in [0.1, 0.15) is 5.70 Å². The molecule has 28 heavy (non-hydrogen) atoms. The zero-order valence-corrected chi connectivity index (χ0v) is 16.7. The quantitative estimate of drug-likeness (QED) is 0.472. The van der Waals surface area contributed by atoms with Crippen LogP contribution in [0.2, 0.25) is 0 Å². The van der Waals surface area contributed by atoms with Crippen LogP contribution in [0.25, 0.3) is 0 Å². The number of carbonyl (C=O) groups is 1. The highest BCUT2D eigenvalue weighted by Crippen LogP contribution is 2.31. The van der Waals surface area contributed by atoms with Crippen molar-refractivity contribution in [3.05, 3.63) is 77.6 Å². The summed E-state index contributed by atoms with van der Waals surface area (Å²) in [6.07, 6.45) is 1.49. The number of hydrogen-bond acceptors (Lipinski definition) is 5. The first kappa shape index (κ1) is 19.9. The Balaban J connectivity index is 1.76. The maximum Gasteiger partial charge on any atom is 0.271 e. The van der Waals surface area contributed by atoms with Crippen molar-refractivity contribution in [2.24, 2.45) is 11.6 Å². The molecule has 2 unspecified atom stereocenters. The summed E-state index contributed by atoms with van der Waals surface area (Å²) in [5.74, 6) is 6.10. The van der Waals surface area contributed by atoms with Crippen LogP contribution in [-0.2, 0) is 4.79 Å². The number of amides is 1. The van der Waals surface area contributed by atoms with Gasteiger partial charge in [0.25, 0.3) is 5.91 Å². The molecule has 1 saturated heterocycles. The van der Waals surface area contributed by atoms with E-state index in [1.165, 1.54) is 22.3 Å². The summed E-state index contributed by atoms with van der Waals surface area (Å²) < 4.78 is 0. The van der Waals surface area contributed by atoms with E-state index in [4.69, 9.17) is 11.6 Å². The number of likely N-dealkylation sites (N-methyl/N-ethyl adjacent to an activating group) is 1. The molecule has 1 fully saturated rings. The van der Waals surface area contributed by atoms with Gasteiger partial charge in [-0.2, -0.15) is 0 Å². The molecule has 1 amide bonds. The number of rotatable bonds is 5. The lowest BCUT2D eigenvalue weighted by Crippen LogP contribution is -2.38. The Bertz CT molecular complexity index is 832. The molecule has 0 radical (unpaired) electrons. The third-order valence-corrected chi connectivity index (χ3v) is 5.32. The van der Waals surface area contributed by atoms with Crippen LogP contribution in [0.4, 0.5) is 5.69 Å². The van der Waals surface area contributed by atoms with Crippen LogP contribution in [0, 0.1) is 6.92 Å². The Morgan fingerprint density at radius 2 is 1.71 bits per heavy atom. The first-order valence-corrected chi connectivity index (χ1v) is 9.45. The SMILES string of the molecule is Cc1ccc(C2CN(C(=O)/C(N)=C/N(N)c3ccccc3)CC2N(C)C)cc1. The number of nitrogens with zero attached hydrogens (tertiary/aromatic N) is 3. The molecule has 4 N–H and O–H groups in total. The zero-order chi connectivity index (χ0) is 20.3. The predicted molar refractivity (Wildman–Crippen MR) is 113 cm³/mol. The van der Waals surface area contributed by atoms with Crippen molar-refractivity contribution < 1.29 is 4.79 Å². The Labute approximate surface area is 167 Å². The molecular weight excluding hydrogens is 350 g/mol. The summed E-state index contributed by atoms with van der Waals surface area (Å²) in [5, 5.41) is 1.38. The maximum absolute atomic E-state index is 12.9. The highest BCUT2D eigenvalue weighted by atomic mass is 16.2. The van der Waals surface area contributed by atoms with Gasteiger partial charge in [0.2, 0.25) is 0 Å². The van der Waals surface area contributed by atoms with Gasteiger partial charge in [-0.25, -0.2) is 5.84 Å². The van der Waals surface area contributed by atoms with E-state index in [-0.39, 0.29) is 23.6 Å². The third kappa shape index (κ3) is 4.35. The van der Waals surface area contributed by atoms with Crippen LogP contribution in [0.15, 0.2) is 66.5 Å². The number of carbonyl (C=O) groups excluding carboxylic acids is 1. The van der Waals surface area contributed by atoms with Crippen LogP contribution >= 0.6 is 0 Å². The van der Waals surface area contributed by atoms with Gasteiger partial charge in [0.05, 0.1) is 5.69 Å². The number of para-hydroxylation sites is 1. The van der Waals surface area contributed by atoms with Gasteiger partial charge >= 0.3 is 0 Å². The normalized spacial score (nSPS) is 19.9. The maximum atomic E-state index is 12.9. The summed E-state index contributed by atoms with van der Waals surface area (Å²) in [6.45, 7) is 3.35. The summed E-state index contributed by atoms with van der Waals surface area (Å²) in [4.78, 5) is 16.9. The molecule has 148 valence electrons. The summed E-state index contributed by atoms with van der Waals surface area (Å²) in [7, 11) is 4.10. The molecule has 0 aromatic heterocycles. The van der Waals surface area contributed by atoms with E-state index in [0.717, 1.165) is 5.69 Å². The minimum Gasteiger partial charge on any atom is -0.393 e. The first-order chi connectivity index (χ1) is 13.4. The van der Waals surface area contributed by atoms with Gasteiger partial charge in [-0.15, -0.1) is 0 Å². The number of nitrogens with two attached hydrogens (primary N) is 2. The summed E-state index contributed by atoms with van der Waals surface area (Å²) in [6, 6.07) is 18.2. The molecular formula is C22H29N5O. The second-order valence-electron chi connectivity index (χ2n) is 7.59. The number of aryl methyl sites for hydroxylation is 1. The fourth-order valence-electron chi connectivity index (χ4n) is 3.68. The highest BCUT2D eigenvalue weighted by Gasteiger charge is 2.37. The van der Waals surface area contributed by atoms with Gasteiger partial charge in [0, 0.05) is 31.2 Å². The fourth-order valence-corrected chi connectivity index (χ4v) is 3.68. The van der Waals surface area contributed by atoms with Crippen molar-refractivity contribution in [1.82, 2.24) is 9.80 Å². The molecule has 1 aliphatic heterocycles. The smallest absolute Gasteiger partial charge is 0.271 e. The summed E-state index contributed by atoms with van der Waals surface area (Å²) in [5.41, 5.74) is 9.47. The molecule has 1 aliphatic rings. The molecule has 2 aromatic rings. The van der Waals surface area contributed by atoms with Crippen LogP contribution < -0.4 is 16.6 Å². The van der Waals surface area contributed by atoms with Crippen molar-refractivity contribution in [3.63, 3.8) is 0 Å². The molecule has 6 nitrogen and oxygen atoms in total. The zero-order valence-electron chi connectivity index (χ0n) is 16.7. The van der Waals surface area contributed by atoms with Crippen molar-refractivity contribution in [2.45, 2.75) is 18.9 Å². The Morgan fingerprint density at radius 1 is 1.07 bits per heavy atom. The van der Waals surface area contributed by atoms with Crippen molar-refractivity contribution in [2.75, 3.05) is 32.2 Å². The fraction of sp³-hybridized carbons (Fsp3) is 0.318. The van der Waals surface area contributed by atoms with Crippen LogP contribution in [0.1, 0.15) is 17.0 Å². The standard InChI is InChI=1S/C22H29N5O/c1-16-9-11-17(12-10-16)19-13-26(15-21(19)25(2)3)22(28)20(23)14-27(24)18-7-5-4-6-8-18/h4-12,14,19,21H,13,15,23-24H2,1-3H3/b20-14-. The second-order valence-corrected chi connectivity index (χ2v) is 7.59. The monoisotopic (exact) mass is 379 g/mol. The van der Waals surface area contributed by atoms with Crippen LogP contribution in [-0.4, -0.2) is 48.9 Å². The van der Waals surface area contributed by atoms with E-state index >= 15 is 0 Å². The van der Waals surface area contributed by atoms with E-state index < -0.39 is 0 Å². The van der Waals surface area contributed by atoms with Gasteiger partial charge < -0.3 is 15.5 Å². The minimum atomic E-state index is -0.187. The number of hydrogen-bond donors (Lipinski definition) is 2. The average Bonchev–Trinajstić information content (AvgIpc) is 3.14. The Kier molecular flexibility index (Phi) is 6.02. The highest BCUT2D eigenvalue weighted by molar-refractivity contribution is 5.93. The molecule has 3 rings (SSSR count). The molecule has 6 heteroatoms. The van der Waals surface area contributed by atoms with Crippen molar-refractivity contribution >= 4 is 11.6 Å². The average molecular weight is 380 g/mol. The van der Waals surface area contributed by atoms with Crippen molar-refractivity contribution in [3.8, 4) is 0 Å². The first-order valence-electron chi connectivity index (χ1n) is 9.45. The molecule has 1 heterocycles. The third-order valence-electron chi connectivity index (χ3n) is 5.32. The second kappa shape index (κ2) is 8.46. The van der Waals surface area contributed by atoms with E-state index in [9.17, 15) is 4.79 Å². The molecule has 0 spiro atoms. The summed E-state index contributed by atoms with van der Waals surface area (Å²) >= 11 is 0. The molecule has 0 bridgehead atoms. The predicted octanol–water partition coefficient (Wildman–Crippen LogP) is 2.03. The lowest BCUT2D eigenvalue weighted by Gasteiger charge is -2.25. The molecule has 2 atom stereocenters. The lowest BCUT2D eigenvalue weighted by molar-refractivity contribution is -0.126. The topological polar surface area (TPSA) is 78.8 Å². The van der Waals surface area contributed by atoms with Gasteiger partial charge in [-0.05, 0) is 38.7 Å². The minimum absolute atomic E-state index is 0.133. The van der Waals surface area contributed by atoms with Gasteiger partial charge in [0.15, 0.2) is 0 Å². The lowest BCUT2D eigenvalue weighted by atomic mass is 9.93. The van der Waals surface area contributed by atoms with Gasteiger partial charge in [-0.1, -0.05) is 48.0 Å². The Morgan fingerprint density at radius 3 is 2.32 bits per heavy atom. The largest absolute Gasteiger partial charge is 0.393 e. The number of anilines is 1. The molecule has 0 aliphatic carbocycles.